The molecule has 234 valence electrons. The highest BCUT2D eigenvalue weighted by Gasteiger charge is 2.41. The number of pyridine rings is 3. The average molecular weight is 620 g/mol. The molecule has 5 rings (SSSR count). The second kappa shape index (κ2) is 11.8. The van der Waals surface area contributed by atoms with Crippen molar-refractivity contribution in [3.8, 4) is 0 Å². The monoisotopic (exact) mass is 619 g/mol. The molecule has 0 aromatic carbocycles. The quantitative estimate of drug-likeness (QED) is 0.386. The predicted molar refractivity (Wildman–Crippen MR) is 169 cm³/mol. The van der Waals surface area contributed by atoms with Crippen molar-refractivity contribution >= 4 is 33.5 Å². The zero-order valence-electron chi connectivity index (χ0n) is 26.1. The molecule has 3 aromatic heterocycles. The van der Waals surface area contributed by atoms with Crippen LogP contribution in [0.2, 0.25) is 0 Å². The molecule has 0 unspecified atom stereocenters. The number of amides is 2. The van der Waals surface area contributed by atoms with E-state index in [1.54, 1.807) is 24.3 Å². The standard InChI is InChI=1S/C32H41N7O4S/c1-20(40)33-18-22-9-7-10-24(34-22)25-15-13-21-17-32(5,6)39(19-21)29-23(14-16-26(36-29)31(2,3)4)30(41)38-44(42,43)28-12-8-11-27(35-25)37-28/h7-12,14,16,21,25H,13,15,17-19H2,1-6H3,(H,33,40)(H,35,37)(H,38,41)/t21-,25+/m0/s1. The molecule has 1 saturated heterocycles. The van der Waals surface area contributed by atoms with E-state index < -0.39 is 15.9 Å². The fourth-order valence-electron chi connectivity index (χ4n) is 5.96. The zero-order chi connectivity index (χ0) is 31.9. The lowest BCUT2D eigenvalue weighted by atomic mass is 9.90. The molecule has 2 aliphatic rings. The highest BCUT2D eigenvalue weighted by molar-refractivity contribution is 7.90. The first kappa shape index (κ1) is 31.4. The number of rotatable bonds is 3. The fraction of sp³-hybridized carbons (Fsp3) is 0.469. The number of carbonyl (C=O) groups is 2. The summed E-state index contributed by atoms with van der Waals surface area (Å²) in [6, 6.07) is 13.5. The molecule has 2 atom stereocenters. The molecule has 3 aromatic rings. The summed E-state index contributed by atoms with van der Waals surface area (Å²) in [5.41, 5.74) is 1.89. The molecule has 2 amide bonds. The van der Waals surface area contributed by atoms with Crippen molar-refractivity contribution in [3.63, 3.8) is 0 Å². The number of nitrogens with zero attached hydrogens (tertiary/aromatic N) is 4. The number of sulfonamides is 1. The molecule has 0 aliphatic carbocycles. The Morgan fingerprint density at radius 2 is 1.80 bits per heavy atom. The number of fused-ring (bicyclic) bond motifs is 6. The maximum atomic E-state index is 13.6. The molecule has 3 N–H and O–H groups in total. The van der Waals surface area contributed by atoms with Gasteiger partial charge >= 0.3 is 0 Å². The molecule has 5 heterocycles. The van der Waals surface area contributed by atoms with Gasteiger partial charge in [0.05, 0.1) is 29.5 Å². The maximum Gasteiger partial charge on any atom is 0.281 e. The van der Waals surface area contributed by atoms with Crippen LogP contribution >= 0.6 is 0 Å². The van der Waals surface area contributed by atoms with E-state index in [1.807, 2.05) is 18.2 Å². The van der Waals surface area contributed by atoms with Crippen LogP contribution in [-0.2, 0) is 26.8 Å². The van der Waals surface area contributed by atoms with Gasteiger partial charge in [0, 0.05) is 30.1 Å². The van der Waals surface area contributed by atoms with Crippen LogP contribution in [0.3, 0.4) is 0 Å². The summed E-state index contributed by atoms with van der Waals surface area (Å²) < 4.78 is 29.2. The minimum absolute atomic E-state index is 0.141. The second-order valence-corrected chi connectivity index (χ2v) is 15.0. The maximum absolute atomic E-state index is 13.6. The number of anilines is 2. The van der Waals surface area contributed by atoms with Crippen LogP contribution in [-0.4, -0.2) is 47.3 Å². The second-order valence-electron chi connectivity index (χ2n) is 13.3. The third-order valence-electron chi connectivity index (χ3n) is 8.22. The van der Waals surface area contributed by atoms with Crippen LogP contribution in [0.5, 0.6) is 0 Å². The molecule has 2 aliphatic heterocycles. The minimum Gasteiger partial charge on any atom is -0.362 e. The lowest BCUT2D eigenvalue weighted by molar-refractivity contribution is -0.119. The van der Waals surface area contributed by atoms with Gasteiger partial charge in [0.15, 0.2) is 5.03 Å². The highest BCUT2D eigenvalue weighted by Crippen LogP contribution is 2.41. The van der Waals surface area contributed by atoms with Crippen molar-refractivity contribution < 1.29 is 18.0 Å². The molecule has 4 bridgehead atoms. The Hall–Kier alpha value is -4.06. The van der Waals surface area contributed by atoms with Gasteiger partial charge in [0.25, 0.3) is 15.9 Å². The molecule has 0 spiro atoms. The average Bonchev–Trinajstić information content (AvgIpc) is 3.26. The summed E-state index contributed by atoms with van der Waals surface area (Å²) in [6.07, 6.45) is 2.40. The van der Waals surface area contributed by atoms with Crippen LogP contribution < -0.4 is 20.3 Å². The smallest absolute Gasteiger partial charge is 0.281 e. The van der Waals surface area contributed by atoms with Crippen LogP contribution in [0, 0.1) is 5.92 Å². The summed E-state index contributed by atoms with van der Waals surface area (Å²) in [5.74, 6) is 0.217. The highest BCUT2D eigenvalue weighted by atomic mass is 32.2. The first-order valence-electron chi connectivity index (χ1n) is 14.9. The Morgan fingerprint density at radius 1 is 1.05 bits per heavy atom. The Bertz CT molecular complexity index is 1680. The van der Waals surface area contributed by atoms with Crippen molar-refractivity contribution in [2.45, 2.75) is 89.4 Å². The third kappa shape index (κ3) is 6.85. The number of hydrogen-bond acceptors (Lipinski definition) is 9. The van der Waals surface area contributed by atoms with Crippen molar-refractivity contribution in [2.75, 3.05) is 16.8 Å². The zero-order valence-corrected chi connectivity index (χ0v) is 27.0. The lowest BCUT2D eigenvalue weighted by Gasteiger charge is -2.34. The molecule has 12 heteroatoms. The van der Waals surface area contributed by atoms with Gasteiger partial charge in [0.2, 0.25) is 5.91 Å². The Labute approximate surface area is 259 Å². The van der Waals surface area contributed by atoms with Gasteiger partial charge in [-0.1, -0.05) is 32.9 Å². The van der Waals surface area contributed by atoms with Crippen LogP contribution in [0.1, 0.15) is 94.3 Å². The van der Waals surface area contributed by atoms with E-state index in [4.69, 9.17) is 9.97 Å². The van der Waals surface area contributed by atoms with Crippen LogP contribution in [0.25, 0.3) is 0 Å². The van der Waals surface area contributed by atoms with Gasteiger partial charge in [-0.15, -0.1) is 0 Å². The lowest BCUT2D eigenvalue weighted by Crippen LogP contribution is -2.41. The van der Waals surface area contributed by atoms with Gasteiger partial charge in [-0.3, -0.25) is 14.6 Å². The van der Waals surface area contributed by atoms with Gasteiger partial charge in [0.1, 0.15) is 11.6 Å². The van der Waals surface area contributed by atoms with E-state index in [2.05, 4.69) is 59.9 Å². The third-order valence-corrected chi connectivity index (χ3v) is 9.45. The normalized spacial score (nSPS) is 21.2. The van der Waals surface area contributed by atoms with E-state index in [0.717, 1.165) is 24.2 Å². The number of carbonyl (C=O) groups excluding carboxylic acids is 2. The topological polar surface area (TPSA) is 146 Å². The largest absolute Gasteiger partial charge is 0.362 e. The summed E-state index contributed by atoms with van der Waals surface area (Å²) in [7, 11) is -4.31. The predicted octanol–water partition coefficient (Wildman–Crippen LogP) is 4.48. The first-order valence-corrected chi connectivity index (χ1v) is 16.4. The van der Waals surface area contributed by atoms with Crippen molar-refractivity contribution in [1.82, 2.24) is 25.0 Å². The number of aromatic nitrogens is 3. The van der Waals surface area contributed by atoms with E-state index in [1.165, 1.54) is 13.0 Å². The Kier molecular flexibility index (Phi) is 8.41. The van der Waals surface area contributed by atoms with Crippen molar-refractivity contribution in [3.05, 3.63) is 71.2 Å². The summed E-state index contributed by atoms with van der Waals surface area (Å²) in [6.45, 7) is 12.9. The van der Waals surface area contributed by atoms with Gasteiger partial charge in [-0.05, 0) is 75.4 Å². The van der Waals surface area contributed by atoms with E-state index >= 15 is 0 Å². The molecule has 0 saturated carbocycles. The molecule has 44 heavy (non-hydrogen) atoms. The van der Waals surface area contributed by atoms with Crippen molar-refractivity contribution in [2.24, 2.45) is 5.92 Å². The van der Waals surface area contributed by atoms with Gasteiger partial charge in [-0.25, -0.2) is 14.7 Å². The number of nitrogens with one attached hydrogen (secondary N) is 3. The summed E-state index contributed by atoms with van der Waals surface area (Å²) in [4.78, 5) is 41.4. The minimum atomic E-state index is -4.31. The van der Waals surface area contributed by atoms with Crippen molar-refractivity contribution in [1.29, 1.82) is 0 Å². The fourth-order valence-corrected chi connectivity index (χ4v) is 6.89. The van der Waals surface area contributed by atoms with E-state index in [-0.39, 0.29) is 39.4 Å². The van der Waals surface area contributed by atoms with Crippen LogP contribution in [0.15, 0.2) is 53.6 Å². The van der Waals surface area contributed by atoms with E-state index in [0.29, 0.717) is 36.8 Å². The first-order chi connectivity index (χ1) is 20.6. The van der Waals surface area contributed by atoms with Gasteiger partial charge < -0.3 is 15.5 Å². The van der Waals surface area contributed by atoms with E-state index in [9.17, 15) is 18.0 Å². The molecule has 1 fully saturated rings. The SMILES string of the molecule is CC(=O)NCc1cccc([C@H]2CC[C@@H]3CN(c4nc(C(C)(C)C)ccc4C(=O)NS(=O)(=O)c4cccc(n4)N2)C(C)(C)C3)n1. The molecule has 0 radical (unpaired) electrons. The number of hydrogen-bond donors (Lipinski definition) is 3. The molecular formula is C32H41N7O4S. The Balaban J connectivity index is 1.59. The van der Waals surface area contributed by atoms with Gasteiger partial charge in [-0.2, -0.15) is 8.42 Å². The van der Waals surface area contributed by atoms with Crippen LogP contribution in [0.4, 0.5) is 11.6 Å². The summed E-state index contributed by atoms with van der Waals surface area (Å²) in [5, 5.41) is 5.91. The Morgan fingerprint density at radius 3 is 2.52 bits per heavy atom. The molecule has 11 nitrogen and oxygen atoms in total. The summed E-state index contributed by atoms with van der Waals surface area (Å²) >= 11 is 0. The molecular weight excluding hydrogens is 578 g/mol.